The van der Waals surface area contributed by atoms with Crippen LogP contribution in [0.4, 0.5) is 10.1 Å². The average molecular weight is 522 g/mol. The average Bonchev–Trinajstić information content (AvgIpc) is 3.57. The molecular formula is C31H32FN7. The zero-order valence-corrected chi connectivity index (χ0v) is 22.2. The zero-order chi connectivity index (χ0) is 26.9. The number of anilines is 1. The molecular weight excluding hydrogens is 489 g/mol. The van der Waals surface area contributed by atoms with Crippen molar-refractivity contribution in [2.75, 3.05) is 12.4 Å². The number of nitrogens with one attached hydrogen (secondary N) is 3. The van der Waals surface area contributed by atoms with Gasteiger partial charge in [-0.1, -0.05) is 54.6 Å². The van der Waals surface area contributed by atoms with Gasteiger partial charge in [-0.3, -0.25) is 19.5 Å². The molecule has 1 aromatic heterocycles. The van der Waals surface area contributed by atoms with E-state index >= 15 is 0 Å². The van der Waals surface area contributed by atoms with Crippen LogP contribution in [-0.4, -0.2) is 22.2 Å². The lowest BCUT2D eigenvalue weighted by Gasteiger charge is -2.18. The smallest absolute Gasteiger partial charge is 0.208 e. The maximum Gasteiger partial charge on any atom is 0.208 e. The molecule has 6 rings (SSSR count). The number of hydrogen-bond donors (Lipinski definition) is 3. The molecule has 3 N–H and O–H groups in total. The molecule has 2 unspecified atom stereocenters. The molecule has 39 heavy (non-hydrogen) atoms. The fourth-order valence-electron chi connectivity index (χ4n) is 5.74. The number of aromatic nitrogens is 2. The van der Waals surface area contributed by atoms with E-state index in [9.17, 15) is 9.80 Å². The zero-order valence-electron chi connectivity index (χ0n) is 22.2. The Morgan fingerprint density at radius 2 is 1.72 bits per heavy atom. The van der Waals surface area contributed by atoms with Crippen LogP contribution in [0.5, 0.6) is 0 Å². The molecule has 2 heterocycles. The summed E-state index contributed by atoms with van der Waals surface area (Å²) in [6.07, 6.45) is 3.17. The molecule has 0 radical (unpaired) electrons. The Bertz CT molecular complexity index is 1750. The summed E-state index contributed by atoms with van der Waals surface area (Å²) in [6.45, 7) is 0.531. The fraction of sp³-hybridized carbons (Fsp3) is 0.258. The molecule has 1 aliphatic carbocycles. The molecule has 4 aromatic rings. The summed E-state index contributed by atoms with van der Waals surface area (Å²) in [7, 11) is 3.70. The number of fused-ring (bicyclic) bond motifs is 3. The standard InChI is InChI=1S/C31H32FN7/c1-34-30-27(28(33)39-26-10-6-9-25(26)37-31(39)38(30)2)29(36-24-17-15-23(32)16-18-24)35-19-20-11-13-22(14-12-20)21-7-4-3-5-8-21/h3-5,7-8,11-18,25-26,33,35-36H,6,9-10,19H2,1-2H3. The molecule has 8 heteroatoms. The van der Waals surface area contributed by atoms with Crippen LogP contribution in [0, 0.1) is 11.2 Å². The number of hydrogen-bond acceptors (Lipinski definition) is 5. The molecule has 0 saturated heterocycles. The minimum Gasteiger partial charge on any atom is -0.367 e. The molecule has 1 aliphatic heterocycles. The topological polar surface area (TPSA) is 82.5 Å². The fourth-order valence-corrected chi connectivity index (χ4v) is 5.74. The maximum atomic E-state index is 13.7. The third-order valence-electron chi connectivity index (χ3n) is 7.70. The molecule has 1 fully saturated rings. The van der Waals surface area contributed by atoms with E-state index in [2.05, 4.69) is 56.6 Å². The lowest BCUT2D eigenvalue weighted by Crippen LogP contribution is -2.60. The molecule has 2 aliphatic rings. The Balaban J connectivity index is 1.44. The van der Waals surface area contributed by atoms with E-state index in [1.807, 2.05) is 29.8 Å². The molecule has 7 nitrogen and oxygen atoms in total. The summed E-state index contributed by atoms with van der Waals surface area (Å²) < 4.78 is 17.7. The maximum absolute atomic E-state index is 13.7. The van der Waals surface area contributed by atoms with Crippen molar-refractivity contribution in [2.24, 2.45) is 17.0 Å². The highest BCUT2D eigenvalue weighted by molar-refractivity contribution is 5.64. The first-order valence-electron chi connectivity index (χ1n) is 13.4. The Labute approximate surface area is 226 Å². The molecule has 3 aromatic carbocycles. The van der Waals surface area contributed by atoms with Gasteiger partial charge in [0.05, 0.1) is 17.3 Å². The number of rotatable bonds is 6. The van der Waals surface area contributed by atoms with Crippen LogP contribution in [-0.2, 0) is 13.6 Å². The van der Waals surface area contributed by atoms with E-state index in [-0.39, 0.29) is 17.9 Å². The van der Waals surface area contributed by atoms with Gasteiger partial charge in [0.1, 0.15) is 22.6 Å². The summed E-state index contributed by atoms with van der Waals surface area (Å²) in [5, 5.41) is 17.0. The van der Waals surface area contributed by atoms with Crippen LogP contribution in [0.2, 0.25) is 0 Å². The molecule has 198 valence electrons. The Kier molecular flexibility index (Phi) is 6.60. The minimum absolute atomic E-state index is 0.195. The first-order valence-corrected chi connectivity index (χ1v) is 13.4. The summed E-state index contributed by atoms with van der Waals surface area (Å²) in [6, 6.07) is 25.4. The van der Waals surface area contributed by atoms with Gasteiger partial charge in [0.25, 0.3) is 0 Å². The van der Waals surface area contributed by atoms with E-state index in [0.29, 0.717) is 28.6 Å². The monoisotopic (exact) mass is 521 g/mol. The van der Waals surface area contributed by atoms with Crippen molar-refractivity contribution in [2.45, 2.75) is 37.9 Å². The highest BCUT2D eigenvalue weighted by Crippen LogP contribution is 2.32. The highest BCUT2D eigenvalue weighted by Gasteiger charge is 2.34. The Morgan fingerprint density at radius 3 is 2.44 bits per heavy atom. The predicted molar refractivity (Wildman–Crippen MR) is 150 cm³/mol. The summed E-state index contributed by atoms with van der Waals surface area (Å²) in [5.41, 5.74) is 5.97. The summed E-state index contributed by atoms with van der Waals surface area (Å²) in [4.78, 5) is 9.55. The molecule has 0 amide bonds. The van der Waals surface area contributed by atoms with Crippen molar-refractivity contribution in [1.29, 1.82) is 5.41 Å². The second-order valence-corrected chi connectivity index (χ2v) is 10.1. The third-order valence-corrected chi connectivity index (χ3v) is 7.70. The van der Waals surface area contributed by atoms with Crippen molar-refractivity contribution in [3.8, 4) is 11.1 Å². The van der Waals surface area contributed by atoms with Crippen molar-refractivity contribution >= 4 is 11.5 Å². The molecule has 1 saturated carbocycles. The van der Waals surface area contributed by atoms with Crippen LogP contribution in [0.25, 0.3) is 16.9 Å². The van der Waals surface area contributed by atoms with Crippen molar-refractivity contribution in [3.05, 3.63) is 112 Å². The number of nitrogens with zero attached hydrogens (tertiary/aromatic N) is 4. The Morgan fingerprint density at radius 1 is 1.00 bits per heavy atom. The van der Waals surface area contributed by atoms with E-state index in [1.165, 1.54) is 17.7 Å². The normalized spacial score (nSPS) is 18.8. The lowest BCUT2D eigenvalue weighted by atomic mass is 10.0. The summed E-state index contributed by atoms with van der Waals surface area (Å²) >= 11 is 0. The van der Waals surface area contributed by atoms with Crippen LogP contribution in [0.15, 0.2) is 88.8 Å². The number of benzene rings is 3. The lowest BCUT2D eigenvalue weighted by molar-refractivity contribution is 0.464. The van der Waals surface area contributed by atoms with Crippen LogP contribution < -0.4 is 32.4 Å². The second-order valence-electron chi connectivity index (χ2n) is 10.1. The van der Waals surface area contributed by atoms with Gasteiger partial charge in [-0.2, -0.15) is 0 Å². The van der Waals surface area contributed by atoms with Crippen molar-refractivity contribution < 1.29 is 4.39 Å². The molecule has 0 bridgehead atoms. The number of halogens is 1. The largest absolute Gasteiger partial charge is 0.367 e. The van der Waals surface area contributed by atoms with E-state index in [4.69, 9.17) is 4.99 Å². The van der Waals surface area contributed by atoms with E-state index in [0.717, 1.165) is 41.7 Å². The first kappa shape index (κ1) is 24.9. The second kappa shape index (κ2) is 10.4. The van der Waals surface area contributed by atoms with Gasteiger partial charge in [-0.25, -0.2) is 9.38 Å². The van der Waals surface area contributed by atoms with Gasteiger partial charge in [0.2, 0.25) is 5.62 Å². The van der Waals surface area contributed by atoms with Crippen LogP contribution in [0.1, 0.15) is 30.9 Å². The molecule has 0 spiro atoms. The van der Waals surface area contributed by atoms with E-state index in [1.54, 1.807) is 19.2 Å². The van der Waals surface area contributed by atoms with Gasteiger partial charge in [0.15, 0.2) is 0 Å². The van der Waals surface area contributed by atoms with Gasteiger partial charge in [-0.05, 0) is 60.2 Å². The Hall–Kier alpha value is -4.46. The third kappa shape index (κ3) is 4.67. The summed E-state index contributed by atoms with van der Waals surface area (Å²) in [5.74, 6) is 0.346. The van der Waals surface area contributed by atoms with Gasteiger partial charge in [-0.15, -0.1) is 0 Å². The SMILES string of the molecule is CN=c1c(=C(NCc2ccc(-c3ccccc3)cc2)Nc2ccc(F)cc2)c(=N)n2c(n1C)=NC1CCCC12. The predicted octanol–water partition coefficient (Wildman–Crippen LogP) is 3.34. The van der Waals surface area contributed by atoms with Crippen LogP contribution >= 0.6 is 0 Å². The van der Waals surface area contributed by atoms with Crippen molar-refractivity contribution in [3.63, 3.8) is 0 Å². The first-order chi connectivity index (χ1) is 19.0. The van der Waals surface area contributed by atoms with Crippen LogP contribution in [0.3, 0.4) is 0 Å². The minimum atomic E-state index is -0.299. The quantitative estimate of drug-likeness (QED) is 0.364. The van der Waals surface area contributed by atoms with E-state index < -0.39 is 0 Å². The molecule has 2 atom stereocenters. The van der Waals surface area contributed by atoms with Gasteiger partial charge in [0, 0.05) is 26.3 Å². The van der Waals surface area contributed by atoms with Gasteiger partial charge < -0.3 is 10.6 Å². The van der Waals surface area contributed by atoms with Crippen molar-refractivity contribution in [1.82, 2.24) is 14.5 Å². The van der Waals surface area contributed by atoms with Gasteiger partial charge >= 0.3 is 0 Å². The highest BCUT2D eigenvalue weighted by atomic mass is 19.1.